The second kappa shape index (κ2) is 10.5. The van der Waals surface area contributed by atoms with Crippen molar-refractivity contribution >= 4 is 14.8 Å². The zero-order chi connectivity index (χ0) is 13.9. The SMILES string of the molecule is CCCO[Si](COC(C)=O)(OCCC)OCCC. The van der Waals surface area contributed by atoms with Crippen molar-refractivity contribution in [3.05, 3.63) is 0 Å². The molecule has 0 N–H and O–H groups in total. The molecule has 0 heterocycles. The molecule has 0 radical (unpaired) electrons. The maximum atomic E-state index is 10.9. The van der Waals surface area contributed by atoms with Crippen LogP contribution in [0.5, 0.6) is 0 Å². The molecular formula is C12H26O5Si. The van der Waals surface area contributed by atoms with Crippen molar-refractivity contribution < 1.29 is 22.8 Å². The lowest BCUT2D eigenvalue weighted by Gasteiger charge is -2.28. The van der Waals surface area contributed by atoms with Crippen molar-refractivity contribution in [2.45, 2.75) is 47.0 Å². The molecule has 0 fully saturated rings. The Morgan fingerprint density at radius 2 is 1.28 bits per heavy atom. The zero-order valence-electron chi connectivity index (χ0n) is 12.0. The van der Waals surface area contributed by atoms with Gasteiger partial charge in [0, 0.05) is 26.7 Å². The molecule has 0 aromatic carbocycles. The first-order valence-corrected chi connectivity index (χ1v) is 8.58. The molecule has 5 nitrogen and oxygen atoms in total. The van der Waals surface area contributed by atoms with E-state index in [1.807, 2.05) is 20.8 Å². The molecule has 0 amide bonds. The van der Waals surface area contributed by atoms with Crippen LogP contribution in [0.25, 0.3) is 0 Å². The molecule has 0 aliphatic rings. The van der Waals surface area contributed by atoms with Crippen molar-refractivity contribution in [3.63, 3.8) is 0 Å². The fraction of sp³-hybridized carbons (Fsp3) is 0.917. The summed E-state index contributed by atoms with van der Waals surface area (Å²) < 4.78 is 22.3. The number of hydrogen-bond acceptors (Lipinski definition) is 5. The van der Waals surface area contributed by atoms with Gasteiger partial charge in [0.05, 0.1) is 0 Å². The highest BCUT2D eigenvalue weighted by Gasteiger charge is 2.43. The smallest absolute Gasteiger partial charge is 0.461 e. The molecule has 6 heteroatoms. The fourth-order valence-electron chi connectivity index (χ4n) is 1.21. The standard InChI is InChI=1S/C12H26O5Si/c1-5-8-15-18(16-9-6-2,17-10-7-3)11-14-12(4)13/h5-11H2,1-4H3. The van der Waals surface area contributed by atoms with Gasteiger partial charge in [0.1, 0.15) is 0 Å². The van der Waals surface area contributed by atoms with Crippen molar-refractivity contribution in [1.82, 2.24) is 0 Å². The number of carbonyl (C=O) groups excluding carboxylic acids is 1. The molecule has 0 aliphatic carbocycles. The van der Waals surface area contributed by atoms with Crippen LogP contribution in [0.3, 0.4) is 0 Å². The molecule has 0 bridgehead atoms. The van der Waals surface area contributed by atoms with Gasteiger partial charge in [-0.25, -0.2) is 0 Å². The van der Waals surface area contributed by atoms with Crippen LogP contribution in [0.2, 0.25) is 0 Å². The molecule has 0 spiro atoms. The van der Waals surface area contributed by atoms with Crippen molar-refractivity contribution in [2.24, 2.45) is 0 Å². The number of rotatable bonds is 11. The molecule has 0 unspecified atom stereocenters. The third-order valence-corrected chi connectivity index (χ3v) is 4.46. The van der Waals surface area contributed by atoms with E-state index in [1.165, 1.54) is 6.92 Å². The lowest BCUT2D eigenvalue weighted by atomic mass is 10.5. The summed E-state index contributed by atoms with van der Waals surface area (Å²) >= 11 is 0. The van der Waals surface area contributed by atoms with Crippen LogP contribution in [0, 0.1) is 0 Å². The van der Waals surface area contributed by atoms with Gasteiger partial charge in [-0.15, -0.1) is 0 Å². The van der Waals surface area contributed by atoms with Crippen LogP contribution >= 0.6 is 0 Å². The predicted octanol–water partition coefficient (Wildman–Crippen LogP) is 2.31. The molecular weight excluding hydrogens is 252 g/mol. The minimum atomic E-state index is -2.86. The summed E-state index contributed by atoms with van der Waals surface area (Å²) in [6, 6.07) is 0. The third-order valence-electron chi connectivity index (χ3n) is 2.03. The second-order valence-corrected chi connectivity index (χ2v) is 6.53. The van der Waals surface area contributed by atoms with Crippen molar-refractivity contribution in [1.29, 1.82) is 0 Å². The summed E-state index contributed by atoms with van der Waals surface area (Å²) in [5.74, 6) is -0.341. The Morgan fingerprint density at radius 3 is 1.56 bits per heavy atom. The van der Waals surface area contributed by atoms with Gasteiger partial charge in [0.2, 0.25) is 0 Å². The van der Waals surface area contributed by atoms with E-state index < -0.39 is 8.80 Å². The summed E-state index contributed by atoms with van der Waals surface area (Å²) in [6.07, 6.45) is 2.72. The van der Waals surface area contributed by atoms with Gasteiger partial charge in [-0.05, 0) is 19.3 Å². The van der Waals surface area contributed by atoms with Crippen LogP contribution in [0.1, 0.15) is 47.0 Å². The fourth-order valence-corrected chi connectivity index (χ4v) is 3.64. The summed E-state index contributed by atoms with van der Waals surface area (Å²) in [7, 11) is -2.86. The number of ether oxygens (including phenoxy) is 1. The maximum absolute atomic E-state index is 10.9. The predicted molar refractivity (Wildman–Crippen MR) is 71.1 cm³/mol. The number of carbonyl (C=O) groups is 1. The Hall–Kier alpha value is -0.433. The average Bonchev–Trinajstić information content (AvgIpc) is 2.37. The lowest BCUT2D eigenvalue weighted by Crippen LogP contribution is -2.51. The van der Waals surface area contributed by atoms with Crippen LogP contribution in [-0.4, -0.2) is 40.8 Å². The Balaban J connectivity index is 4.55. The van der Waals surface area contributed by atoms with Crippen LogP contribution < -0.4 is 0 Å². The first-order valence-electron chi connectivity index (χ1n) is 6.65. The molecule has 0 aliphatic heterocycles. The molecule has 0 saturated heterocycles. The summed E-state index contributed by atoms with van der Waals surface area (Å²) in [6.45, 7) is 9.10. The summed E-state index contributed by atoms with van der Waals surface area (Å²) in [5.41, 5.74) is 0. The van der Waals surface area contributed by atoms with E-state index in [1.54, 1.807) is 0 Å². The molecule has 0 atom stereocenters. The van der Waals surface area contributed by atoms with E-state index in [4.69, 9.17) is 18.0 Å². The van der Waals surface area contributed by atoms with Gasteiger partial charge in [-0.3, -0.25) is 4.79 Å². The van der Waals surface area contributed by atoms with Crippen LogP contribution in [0.15, 0.2) is 0 Å². The number of hydrogen-bond donors (Lipinski definition) is 0. The topological polar surface area (TPSA) is 54.0 Å². The van der Waals surface area contributed by atoms with Gasteiger partial charge >= 0.3 is 14.8 Å². The molecule has 0 aromatic rings. The first-order chi connectivity index (χ1) is 8.60. The Bertz CT molecular complexity index is 201. The first kappa shape index (κ1) is 17.6. The lowest BCUT2D eigenvalue weighted by molar-refractivity contribution is -0.141. The zero-order valence-corrected chi connectivity index (χ0v) is 13.0. The average molecular weight is 278 g/mol. The Morgan fingerprint density at radius 1 is 0.889 bits per heavy atom. The Kier molecular flexibility index (Phi) is 10.2. The van der Waals surface area contributed by atoms with Crippen LogP contribution in [-0.2, 0) is 22.8 Å². The minimum absolute atomic E-state index is 0.0995. The van der Waals surface area contributed by atoms with Gasteiger partial charge in [0.15, 0.2) is 6.23 Å². The van der Waals surface area contributed by atoms with Crippen molar-refractivity contribution in [3.8, 4) is 0 Å². The Labute approximate surface area is 111 Å². The highest BCUT2D eigenvalue weighted by atomic mass is 28.4. The van der Waals surface area contributed by atoms with Gasteiger partial charge in [-0.2, -0.15) is 0 Å². The van der Waals surface area contributed by atoms with E-state index in [-0.39, 0.29) is 12.2 Å². The molecule has 0 saturated carbocycles. The van der Waals surface area contributed by atoms with E-state index in [0.717, 1.165) is 19.3 Å². The maximum Gasteiger partial charge on any atom is 0.540 e. The largest absolute Gasteiger partial charge is 0.540 e. The van der Waals surface area contributed by atoms with E-state index in [9.17, 15) is 4.79 Å². The van der Waals surface area contributed by atoms with Gasteiger partial charge in [0.25, 0.3) is 0 Å². The molecule has 0 aromatic heterocycles. The molecule has 18 heavy (non-hydrogen) atoms. The second-order valence-electron chi connectivity index (χ2n) is 4.01. The monoisotopic (exact) mass is 278 g/mol. The summed E-state index contributed by atoms with van der Waals surface area (Å²) in [5, 5.41) is 0. The molecule has 108 valence electrons. The quantitative estimate of drug-likeness (QED) is 0.429. The summed E-state index contributed by atoms with van der Waals surface area (Å²) in [4.78, 5) is 10.9. The molecule has 0 rings (SSSR count). The highest BCUT2D eigenvalue weighted by Crippen LogP contribution is 2.13. The van der Waals surface area contributed by atoms with Gasteiger partial charge in [-0.1, -0.05) is 20.8 Å². The van der Waals surface area contributed by atoms with Crippen LogP contribution in [0.4, 0.5) is 0 Å². The minimum Gasteiger partial charge on any atom is -0.461 e. The van der Waals surface area contributed by atoms with E-state index >= 15 is 0 Å². The van der Waals surface area contributed by atoms with Gasteiger partial charge < -0.3 is 18.0 Å². The number of esters is 1. The van der Waals surface area contributed by atoms with Crippen molar-refractivity contribution in [2.75, 3.05) is 26.1 Å². The van der Waals surface area contributed by atoms with E-state index in [2.05, 4.69) is 0 Å². The normalized spacial score (nSPS) is 11.6. The van der Waals surface area contributed by atoms with E-state index in [0.29, 0.717) is 19.8 Å². The third kappa shape index (κ3) is 7.81. The highest BCUT2D eigenvalue weighted by molar-refractivity contribution is 6.60.